The van der Waals surface area contributed by atoms with Crippen molar-refractivity contribution in [1.29, 1.82) is 0 Å². The fourth-order valence-corrected chi connectivity index (χ4v) is 2.25. The highest BCUT2D eigenvalue weighted by molar-refractivity contribution is 6.31. The summed E-state index contributed by atoms with van der Waals surface area (Å²) in [4.78, 5) is 16.1. The van der Waals surface area contributed by atoms with Crippen LogP contribution in [0.1, 0.15) is 29.4 Å². The number of halogens is 2. The van der Waals surface area contributed by atoms with Gasteiger partial charge in [0.05, 0.1) is 16.9 Å². The van der Waals surface area contributed by atoms with Crippen LogP contribution in [0.2, 0.25) is 10.2 Å². The molecule has 6 heteroatoms. The number of rotatable bonds is 3. The van der Waals surface area contributed by atoms with Crippen LogP contribution in [0.5, 0.6) is 0 Å². The van der Waals surface area contributed by atoms with E-state index >= 15 is 0 Å². The van der Waals surface area contributed by atoms with Gasteiger partial charge in [-0.1, -0.05) is 23.2 Å². The maximum absolute atomic E-state index is 12.2. The monoisotopic (exact) mass is 295 g/mol. The van der Waals surface area contributed by atoms with Gasteiger partial charge in [-0.25, -0.2) is 4.98 Å². The zero-order valence-electron chi connectivity index (χ0n) is 9.94. The molecule has 1 fully saturated rings. The predicted molar refractivity (Wildman–Crippen MR) is 74.9 cm³/mol. The number of pyridine rings is 1. The zero-order chi connectivity index (χ0) is 13.4. The molecule has 3 rings (SSSR count). The van der Waals surface area contributed by atoms with Crippen molar-refractivity contribution in [2.24, 2.45) is 0 Å². The first-order chi connectivity index (χ1) is 9.13. The maximum Gasteiger partial charge on any atom is 0.272 e. The molecule has 2 aromatic heterocycles. The molecule has 19 heavy (non-hydrogen) atoms. The van der Waals surface area contributed by atoms with Gasteiger partial charge in [0.25, 0.3) is 5.91 Å². The maximum atomic E-state index is 12.2. The van der Waals surface area contributed by atoms with Crippen molar-refractivity contribution in [2.45, 2.75) is 18.9 Å². The Hall–Kier alpha value is -1.52. The normalized spacial score (nSPS) is 14.4. The number of hydrogen-bond donors (Lipinski definition) is 1. The van der Waals surface area contributed by atoms with Gasteiger partial charge in [-0.2, -0.15) is 0 Å². The van der Waals surface area contributed by atoms with Crippen LogP contribution in [0, 0.1) is 0 Å². The quantitative estimate of drug-likeness (QED) is 0.876. The van der Waals surface area contributed by atoms with Gasteiger partial charge >= 0.3 is 0 Å². The van der Waals surface area contributed by atoms with Gasteiger partial charge in [0.15, 0.2) is 0 Å². The van der Waals surface area contributed by atoms with Crippen LogP contribution in [0.15, 0.2) is 30.6 Å². The number of carbonyl (C=O) groups is 1. The van der Waals surface area contributed by atoms with Gasteiger partial charge < -0.3 is 9.88 Å². The third-order valence-electron chi connectivity index (χ3n) is 2.97. The first kappa shape index (κ1) is 12.5. The Balaban J connectivity index is 1.82. The van der Waals surface area contributed by atoms with Gasteiger partial charge in [-0.3, -0.25) is 4.79 Å². The van der Waals surface area contributed by atoms with E-state index in [4.69, 9.17) is 23.2 Å². The van der Waals surface area contributed by atoms with E-state index < -0.39 is 0 Å². The molecule has 0 atom stereocenters. The fourth-order valence-electron chi connectivity index (χ4n) is 1.93. The number of aromatic nitrogens is 2. The molecule has 0 aromatic carbocycles. The molecule has 0 saturated heterocycles. The summed E-state index contributed by atoms with van der Waals surface area (Å²) in [6, 6.07) is 5.42. The van der Waals surface area contributed by atoms with Crippen molar-refractivity contribution < 1.29 is 4.79 Å². The van der Waals surface area contributed by atoms with Gasteiger partial charge in [0, 0.05) is 12.2 Å². The Morgan fingerprint density at radius 2 is 2.16 bits per heavy atom. The van der Waals surface area contributed by atoms with Crippen molar-refractivity contribution in [3.05, 3.63) is 46.5 Å². The Labute approximate surface area is 120 Å². The number of nitrogens with zero attached hydrogens (tertiary/aromatic N) is 2. The second kappa shape index (κ2) is 4.87. The molecule has 1 amide bonds. The van der Waals surface area contributed by atoms with E-state index in [0.29, 0.717) is 27.6 Å². The average molecular weight is 296 g/mol. The lowest BCUT2D eigenvalue weighted by atomic mass is 10.3. The minimum absolute atomic E-state index is 0.192. The fraction of sp³-hybridized carbons (Fsp3) is 0.231. The Kier molecular flexibility index (Phi) is 3.21. The molecular formula is C13H11Cl2N3O. The molecule has 98 valence electrons. The average Bonchev–Trinajstić information content (AvgIpc) is 3.15. The predicted octanol–water partition coefficient (Wildman–Crippen LogP) is 3.78. The molecule has 1 aliphatic carbocycles. The van der Waals surface area contributed by atoms with Crippen LogP contribution in [-0.2, 0) is 0 Å². The summed E-state index contributed by atoms with van der Waals surface area (Å²) >= 11 is 11.7. The first-order valence-corrected chi connectivity index (χ1v) is 6.69. The molecule has 1 N–H and O–H groups in total. The Bertz CT molecular complexity index is 617. The Morgan fingerprint density at radius 1 is 1.37 bits per heavy atom. The van der Waals surface area contributed by atoms with Crippen LogP contribution in [-0.4, -0.2) is 15.5 Å². The van der Waals surface area contributed by atoms with Gasteiger partial charge in [-0.05, 0) is 31.0 Å². The molecule has 1 aliphatic rings. The topological polar surface area (TPSA) is 46.9 Å². The molecule has 2 aromatic rings. The van der Waals surface area contributed by atoms with E-state index in [-0.39, 0.29) is 5.91 Å². The lowest BCUT2D eigenvalue weighted by Gasteiger charge is -2.08. The van der Waals surface area contributed by atoms with Crippen molar-refractivity contribution in [1.82, 2.24) is 9.55 Å². The summed E-state index contributed by atoms with van der Waals surface area (Å²) in [6.45, 7) is 0. The third-order valence-corrected chi connectivity index (χ3v) is 3.40. The number of amides is 1. The second-order valence-electron chi connectivity index (χ2n) is 4.51. The molecule has 0 radical (unpaired) electrons. The standard InChI is InChI=1S/C13H11Cl2N3O/c14-8-5-11(18(7-8)10-2-3-10)13(19)17-9-1-4-12(15)16-6-9/h1,4-7,10H,2-3H2,(H,17,19). The van der Waals surface area contributed by atoms with E-state index in [1.54, 1.807) is 24.4 Å². The highest BCUT2D eigenvalue weighted by atomic mass is 35.5. The van der Waals surface area contributed by atoms with E-state index in [1.165, 1.54) is 6.20 Å². The minimum Gasteiger partial charge on any atom is -0.339 e. The number of anilines is 1. The van der Waals surface area contributed by atoms with Crippen LogP contribution >= 0.6 is 23.2 Å². The second-order valence-corrected chi connectivity index (χ2v) is 5.33. The molecular weight excluding hydrogens is 285 g/mol. The highest BCUT2D eigenvalue weighted by Gasteiger charge is 2.27. The molecule has 0 unspecified atom stereocenters. The van der Waals surface area contributed by atoms with E-state index in [1.807, 2.05) is 4.57 Å². The molecule has 4 nitrogen and oxygen atoms in total. The summed E-state index contributed by atoms with van der Waals surface area (Å²) in [5, 5.41) is 3.75. The smallest absolute Gasteiger partial charge is 0.272 e. The molecule has 0 spiro atoms. The van der Waals surface area contributed by atoms with Crippen molar-refractivity contribution in [3.63, 3.8) is 0 Å². The summed E-state index contributed by atoms with van der Waals surface area (Å²) in [7, 11) is 0. The number of hydrogen-bond acceptors (Lipinski definition) is 2. The van der Waals surface area contributed by atoms with E-state index in [2.05, 4.69) is 10.3 Å². The molecule has 0 aliphatic heterocycles. The van der Waals surface area contributed by atoms with Gasteiger partial charge in [0.2, 0.25) is 0 Å². The summed E-state index contributed by atoms with van der Waals surface area (Å²) in [5.41, 5.74) is 1.18. The lowest BCUT2D eigenvalue weighted by molar-refractivity contribution is 0.101. The SMILES string of the molecule is O=C(Nc1ccc(Cl)nc1)c1cc(Cl)cn1C1CC1. The van der Waals surface area contributed by atoms with Crippen LogP contribution in [0.3, 0.4) is 0 Å². The van der Waals surface area contributed by atoms with Crippen molar-refractivity contribution >= 4 is 34.8 Å². The summed E-state index contributed by atoms with van der Waals surface area (Å²) < 4.78 is 1.93. The van der Waals surface area contributed by atoms with Crippen molar-refractivity contribution in [3.8, 4) is 0 Å². The summed E-state index contributed by atoms with van der Waals surface area (Å²) in [5.74, 6) is -0.192. The van der Waals surface area contributed by atoms with Crippen LogP contribution in [0.25, 0.3) is 0 Å². The number of nitrogens with one attached hydrogen (secondary N) is 1. The lowest BCUT2D eigenvalue weighted by Crippen LogP contribution is -2.16. The van der Waals surface area contributed by atoms with Gasteiger partial charge in [0.1, 0.15) is 10.8 Å². The van der Waals surface area contributed by atoms with Gasteiger partial charge in [-0.15, -0.1) is 0 Å². The van der Waals surface area contributed by atoms with Crippen molar-refractivity contribution in [2.75, 3.05) is 5.32 Å². The highest BCUT2D eigenvalue weighted by Crippen LogP contribution is 2.37. The molecule has 0 bridgehead atoms. The third kappa shape index (κ3) is 2.74. The van der Waals surface area contributed by atoms with E-state index in [9.17, 15) is 4.79 Å². The molecule has 2 heterocycles. The zero-order valence-corrected chi connectivity index (χ0v) is 11.4. The van der Waals surface area contributed by atoms with Crippen LogP contribution in [0.4, 0.5) is 5.69 Å². The number of carbonyl (C=O) groups excluding carboxylic acids is 1. The minimum atomic E-state index is -0.192. The Morgan fingerprint density at radius 3 is 2.79 bits per heavy atom. The van der Waals surface area contributed by atoms with E-state index in [0.717, 1.165) is 12.8 Å². The largest absolute Gasteiger partial charge is 0.339 e. The van der Waals surface area contributed by atoms with Crippen LogP contribution < -0.4 is 5.32 Å². The molecule has 1 saturated carbocycles. The summed E-state index contributed by atoms with van der Waals surface area (Å²) in [6.07, 6.45) is 5.50. The first-order valence-electron chi connectivity index (χ1n) is 5.94.